The standard InChI is InChI=1S/C12H10INOS/c1-7(2)15-10-3-8-5-11(13)16-12(8)9(4-10)6-14/h3-5,7H,1-2H3. The van der Waals surface area contributed by atoms with Crippen LogP contribution in [0.2, 0.25) is 0 Å². The molecule has 0 unspecified atom stereocenters. The number of thiophene rings is 1. The highest BCUT2D eigenvalue weighted by atomic mass is 127. The van der Waals surface area contributed by atoms with Crippen LogP contribution >= 0.6 is 33.9 Å². The average Bonchev–Trinajstić information content (AvgIpc) is 2.56. The van der Waals surface area contributed by atoms with E-state index in [4.69, 9.17) is 10.00 Å². The Bertz CT molecular complexity index is 568. The molecule has 82 valence electrons. The molecule has 0 aliphatic heterocycles. The van der Waals surface area contributed by atoms with Gasteiger partial charge in [-0.1, -0.05) is 0 Å². The lowest BCUT2D eigenvalue weighted by Gasteiger charge is -2.09. The van der Waals surface area contributed by atoms with E-state index in [1.54, 1.807) is 11.3 Å². The second-order valence-electron chi connectivity index (χ2n) is 3.72. The van der Waals surface area contributed by atoms with Gasteiger partial charge in [0.05, 0.1) is 19.3 Å². The summed E-state index contributed by atoms with van der Waals surface area (Å²) in [5.74, 6) is 0.772. The quantitative estimate of drug-likeness (QED) is 0.767. The Morgan fingerprint density at radius 3 is 2.75 bits per heavy atom. The fourth-order valence-electron chi connectivity index (χ4n) is 1.52. The summed E-state index contributed by atoms with van der Waals surface area (Å²) in [4.78, 5) is 0. The van der Waals surface area contributed by atoms with E-state index in [9.17, 15) is 0 Å². The number of nitriles is 1. The minimum absolute atomic E-state index is 0.127. The molecule has 0 N–H and O–H groups in total. The molecular weight excluding hydrogens is 333 g/mol. The lowest BCUT2D eigenvalue weighted by atomic mass is 10.1. The smallest absolute Gasteiger partial charge is 0.121 e. The van der Waals surface area contributed by atoms with E-state index in [0.29, 0.717) is 5.56 Å². The molecule has 2 rings (SSSR count). The molecule has 0 atom stereocenters. The van der Waals surface area contributed by atoms with Crippen molar-refractivity contribution in [3.05, 3.63) is 26.6 Å². The first-order valence-electron chi connectivity index (χ1n) is 4.90. The lowest BCUT2D eigenvalue weighted by Crippen LogP contribution is -2.05. The molecule has 1 aromatic heterocycles. The van der Waals surface area contributed by atoms with Crippen molar-refractivity contribution < 1.29 is 4.74 Å². The van der Waals surface area contributed by atoms with Crippen LogP contribution in [0, 0.1) is 14.2 Å². The Balaban J connectivity index is 2.59. The number of hydrogen-bond acceptors (Lipinski definition) is 3. The molecule has 0 saturated heterocycles. The van der Waals surface area contributed by atoms with Gasteiger partial charge in [-0.3, -0.25) is 0 Å². The molecule has 0 saturated carbocycles. The fraction of sp³-hybridized carbons (Fsp3) is 0.250. The van der Waals surface area contributed by atoms with E-state index >= 15 is 0 Å². The molecule has 0 radical (unpaired) electrons. The van der Waals surface area contributed by atoms with Crippen LogP contribution < -0.4 is 4.74 Å². The third-order valence-electron chi connectivity index (χ3n) is 2.05. The Morgan fingerprint density at radius 2 is 2.12 bits per heavy atom. The third-order valence-corrected chi connectivity index (χ3v) is 4.00. The number of halogens is 1. The number of ether oxygens (including phenoxy) is 1. The molecule has 0 amide bonds. The molecule has 0 aliphatic rings. The van der Waals surface area contributed by atoms with E-state index in [-0.39, 0.29) is 6.10 Å². The largest absolute Gasteiger partial charge is 0.491 e. The summed E-state index contributed by atoms with van der Waals surface area (Å²) >= 11 is 3.91. The van der Waals surface area contributed by atoms with Gasteiger partial charge in [0, 0.05) is 0 Å². The molecule has 16 heavy (non-hydrogen) atoms. The normalized spacial score (nSPS) is 10.7. The molecule has 2 nitrogen and oxygen atoms in total. The number of benzene rings is 1. The Hall–Kier alpha value is -0.800. The summed E-state index contributed by atoms with van der Waals surface area (Å²) in [6.45, 7) is 3.96. The van der Waals surface area contributed by atoms with E-state index in [2.05, 4.69) is 34.7 Å². The maximum atomic E-state index is 9.10. The number of rotatable bonds is 2. The molecule has 0 spiro atoms. The predicted octanol–water partition coefficient (Wildman–Crippen LogP) is 4.16. The van der Waals surface area contributed by atoms with Gasteiger partial charge in [-0.2, -0.15) is 5.26 Å². The van der Waals surface area contributed by atoms with E-state index in [0.717, 1.165) is 15.8 Å². The summed E-state index contributed by atoms with van der Waals surface area (Å²) in [6, 6.07) is 8.11. The lowest BCUT2D eigenvalue weighted by molar-refractivity contribution is 0.242. The van der Waals surface area contributed by atoms with Gasteiger partial charge in [-0.25, -0.2) is 0 Å². The summed E-state index contributed by atoms with van der Waals surface area (Å²) < 4.78 is 7.86. The minimum atomic E-state index is 0.127. The zero-order chi connectivity index (χ0) is 11.7. The molecule has 1 heterocycles. The van der Waals surface area contributed by atoms with Crippen LogP contribution in [0.4, 0.5) is 0 Å². The van der Waals surface area contributed by atoms with E-state index < -0.39 is 0 Å². The van der Waals surface area contributed by atoms with Crippen LogP contribution in [0.25, 0.3) is 10.1 Å². The number of fused-ring (bicyclic) bond motifs is 1. The summed E-state index contributed by atoms with van der Waals surface area (Å²) in [6.07, 6.45) is 0.127. The summed E-state index contributed by atoms with van der Waals surface area (Å²) in [5, 5.41) is 10.2. The van der Waals surface area contributed by atoms with Gasteiger partial charge in [0.2, 0.25) is 0 Å². The van der Waals surface area contributed by atoms with Crippen molar-refractivity contribution in [2.75, 3.05) is 0 Å². The first-order chi connectivity index (χ1) is 7.60. The van der Waals surface area contributed by atoms with Crippen LogP contribution in [0.3, 0.4) is 0 Å². The van der Waals surface area contributed by atoms with E-state index in [1.165, 1.54) is 2.88 Å². The molecule has 0 aliphatic carbocycles. The van der Waals surface area contributed by atoms with Gasteiger partial charge < -0.3 is 4.74 Å². The number of nitrogens with zero attached hydrogens (tertiary/aromatic N) is 1. The molecule has 0 bridgehead atoms. The van der Waals surface area contributed by atoms with Gasteiger partial charge in [0.1, 0.15) is 11.8 Å². The highest BCUT2D eigenvalue weighted by Crippen LogP contribution is 2.33. The van der Waals surface area contributed by atoms with Crippen LogP contribution in [0.5, 0.6) is 5.75 Å². The maximum absolute atomic E-state index is 9.10. The first-order valence-corrected chi connectivity index (χ1v) is 6.79. The van der Waals surface area contributed by atoms with Crippen molar-refractivity contribution in [2.24, 2.45) is 0 Å². The van der Waals surface area contributed by atoms with Crippen LogP contribution in [-0.2, 0) is 0 Å². The highest BCUT2D eigenvalue weighted by molar-refractivity contribution is 14.1. The Labute approximate surface area is 112 Å². The van der Waals surface area contributed by atoms with Crippen molar-refractivity contribution in [1.29, 1.82) is 5.26 Å². The van der Waals surface area contributed by atoms with Gasteiger partial charge in [-0.15, -0.1) is 11.3 Å². The minimum Gasteiger partial charge on any atom is -0.491 e. The topological polar surface area (TPSA) is 33.0 Å². The van der Waals surface area contributed by atoms with Crippen LogP contribution in [0.1, 0.15) is 19.4 Å². The molecule has 2 aromatic rings. The molecule has 4 heteroatoms. The second-order valence-corrected chi connectivity index (χ2v) is 6.66. The van der Waals surface area contributed by atoms with Crippen molar-refractivity contribution in [3.8, 4) is 11.8 Å². The van der Waals surface area contributed by atoms with Gasteiger partial charge in [0.25, 0.3) is 0 Å². The Morgan fingerprint density at radius 1 is 1.38 bits per heavy atom. The first kappa shape index (κ1) is 11.7. The predicted molar refractivity (Wildman–Crippen MR) is 75.0 cm³/mol. The van der Waals surface area contributed by atoms with Crippen LogP contribution in [-0.4, -0.2) is 6.10 Å². The zero-order valence-corrected chi connectivity index (χ0v) is 11.9. The second kappa shape index (κ2) is 4.60. The number of hydrogen-bond donors (Lipinski definition) is 0. The fourth-order valence-corrected chi connectivity index (χ4v) is 3.34. The Kier molecular flexibility index (Phi) is 3.36. The van der Waals surface area contributed by atoms with Crippen LogP contribution in [0.15, 0.2) is 18.2 Å². The van der Waals surface area contributed by atoms with Gasteiger partial charge >= 0.3 is 0 Å². The summed E-state index contributed by atoms with van der Waals surface area (Å²) in [5.41, 5.74) is 0.695. The van der Waals surface area contributed by atoms with Crippen molar-refractivity contribution in [3.63, 3.8) is 0 Å². The SMILES string of the molecule is CC(C)Oc1cc(C#N)c2sc(I)cc2c1. The van der Waals surface area contributed by atoms with E-state index in [1.807, 2.05) is 26.0 Å². The maximum Gasteiger partial charge on any atom is 0.121 e. The third kappa shape index (κ3) is 2.30. The average molecular weight is 343 g/mol. The molecular formula is C12H10INOS. The van der Waals surface area contributed by atoms with Gasteiger partial charge in [0.15, 0.2) is 0 Å². The molecule has 0 fully saturated rings. The van der Waals surface area contributed by atoms with Crippen molar-refractivity contribution in [1.82, 2.24) is 0 Å². The monoisotopic (exact) mass is 343 g/mol. The zero-order valence-electron chi connectivity index (χ0n) is 8.95. The highest BCUT2D eigenvalue weighted by Gasteiger charge is 2.09. The van der Waals surface area contributed by atoms with Gasteiger partial charge in [-0.05, 0) is 60.0 Å². The van der Waals surface area contributed by atoms with Crippen molar-refractivity contribution in [2.45, 2.75) is 20.0 Å². The summed E-state index contributed by atoms with van der Waals surface area (Å²) in [7, 11) is 0. The van der Waals surface area contributed by atoms with Crippen molar-refractivity contribution >= 4 is 44.0 Å². The molecule has 1 aromatic carbocycles.